The largest absolute Gasteiger partial charge is 0.383 e. The number of hydrogen-bond acceptors (Lipinski definition) is 4. The number of pyridine rings is 1. The van der Waals surface area contributed by atoms with Crippen LogP contribution in [0.25, 0.3) is 0 Å². The number of rotatable bonds is 5. The highest BCUT2D eigenvalue weighted by molar-refractivity contribution is 5.94. The van der Waals surface area contributed by atoms with Gasteiger partial charge in [0.05, 0.1) is 25.4 Å². The third-order valence-corrected chi connectivity index (χ3v) is 3.63. The van der Waals surface area contributed by atoms with Gasteiger partial charge in [0.15, 0.2) is 0 Å². The molecule has 1 aromatic heterocycles. The van der Waals surface area contributed by atoms with Gasteiger partial charge in [-0.05, 0) is 26.0 Å². The molecular weight excluding hydrogens is 270 g/mol. The van der Waals surface area contributed by atoms with Crippen molar-refractivity contribution in [2.75, 3.05) is 26.8 Å². The third-order valence-electron chi connectivity index (χ3n) is 3.63. The second kappa shape index (κ2) is 6.67. The molecule has 1 aromatic rings. The Morgan fingerprint density at radius 3 is 2.81 bits per heavy atom. The predicted octanol–water partition coefficient (Wildman–Crippen LogP) is 0.596. The van der Waals surface area contributed by atoms with Crippen LogP contribution in [-0.2, 0) is 20.9 Å². The van der Waals surface area contributed by atoms with E-state index < -0.39 is 6.04 Å². The van der Waals surface area contributed by atoms with Crippen molar-refractivity contribution in [3.63, 3.8) is 0 Å². The van der Waals surface area contributed by atoms with Crippen LogP contribution in [0.5, 0.6) is 0 Å². The molecule has 0 aliphatic carbocycles. The van der Waals surface area contributed by atoms with Crippen molar-refractivity contribution in [3.05, 3.63) is 29.6 Å². The highest BCUT2D eigenvalue weighted by Gasteiger charge is 2.36. The van der Waals surface area contributed by atoms with Crippen LogP contribution >= 0.6 is 0 Å². The molecule has 6 nitrogen and oxygen atoms in total. The summed E-state index contributed by atoms with van der Waals surface area (Å²) in [5.74, 6) is -0.0965. The van der Waals surface area contributed by atoms with Gasteiger partial charge in [0.2, 0.25) is 11.8 Å². The van der Waals surface area contributed by atoms with Gasteiger partial charge in [-0.25, -0.2) is 0 Å². The van der Waals surface area contributed by atoms with E-state index in [0.29, 0.717) is 19.7 Å². The van der Waals surface area contributed by atoms with Crippen LogP contribution in [0.2, 0.25) is 0 Å². The van der Waals surface area contributed by atoms with Gasteiger partial charge in [-0.3, -0.25) is 14.6 Å². The summed E-state index contributed by atoms with van der Waals surface area (Å²) in [6.07, 6.45) is 0. The average Bonchev–Trinajstić information content (AvgIpc) is 2.46. The molecule has 1 aliphatic heterocycles. The molecule has 0 saturated carbocycles. The second-order valence-corrected chi connectivity index (χ2v) is 5.22. The molecule has 1 fully saturated rings. The Kier molecular flexibility index (Phi) is 4.90. The van der Waals surface area contributed by atoms with Gasteiger partial charge >= 0.3 is 0 Å². The summed E-state index contributed by atoms with van der Waals surface area (Å²) in [7, 11) is 1.58. The Bertz CT molecular complexity index is 533. The maximum atomic E-state index is 12.3. The Morgan fingerprint density at radius 1 is 1.38 bits per heavy atom. The number of carbonyl (C=O) groups is 2. The summed E-state index contributed by atoms with van der Waals surface area (Å²) in [5, 5.41) is 0. The molecule has 0 aromatic carbocycles. The highest BCUT2D eigenvalue weighted by atomic mass is 16.5. The van der Waals surface area contributed by atoms with Gasteiger partial charge in [-0.1, -0.05) is 6.07 Å². The molecule has 2 amide bonds. The lowest BCUT2D eigenvalue weighted by atomic mass is 10.1. The minimum atomic E-state index is -0.467. The Morgan fingerprint density at radius 2 is 2.14 bits per heavy atom. The highest BCUT2D eigenvalue weighted by Crippen LogP contribution is 2.15. The Balaban J connectivity index is 2.08. The molecular formula is C15H21N3O3. The first kappa shape index (κ1) is 15.4. The van der Waals surface area contributed by atoms with Crippen LogP contribution in [0.4, 0.5) is 0 Å². The van der Waals surface area contributed by atoms with Crippen LogP contribution in [0.1, 0.15) is 18.3 Å². The Labute approximate surface area is 124 Å². The van der Waals surface area contributed by atoms with Gasteiger partial charge in [0.1, 0.15) is 6.04 Å². The lowest BCUT2D eigenvalue weighted by molar-refractivity contribution is -0.156. The second-order valence-electron chi connectivity index (χ2n) is 5.22. The summed E-state index contributed by atoms with van der Waals surface area (Å²) in [6.45, 7) is 5.02. The molecule has 6 heteroatoms. The fraction of sp³-hybridized carbons (Fsp3) is 0.533. The lowest BCUT2D eigenvalue weighted by Crippen LogP contribution is -2.58. The predicted molar refractivity (Wildman–Crippen MR) is 77.4 cm³/mol. The SMILES string of the molecule is COCCN1CC(=O)N(Cc2cccc(C)n2)[C@@H](C)C1=O. The van der Waals surface area contributed by atoms with Crippen molar-refractivity contribution >= 4 is 11.8 Å². The van der Waals surface area contributed by atoms with Crippen molar-refractivity contribution in [1.29, 1.82) is 0 Å². The molecule has 21 heavy (non-hydrogen) atoms. The number of methoxy groups -OCH3 is 1. The van der Waals surface area contributed by atoms with Crippen LogP contribution < -0.4 is 0 Å². The zero-order valence-electron chi connectivity index (χ0n) is 12.7. The van der Waals surface area contributed by atoms with Crippen LogP contribution in [0.15, 0.2) is 18.2 Å². The molecule has 0 bridgehead atoms. The van der Waals surface area contributed by atoms with E-state index in [1.807, 2.05) is 25.1 Å². The first-order chi connectivity index (χ1) is 10.0. The zero-order chi connectivity index (χ0) is 15.4. The average molecular weight is 291 g/mol. The molecule has 2 rings (SSSR count). The van der Waals surface area contributed by atoms with Crippen LogP contribution in [-0.4, -0.2) is 59.4 Å². The van der Waals surface area contributed by atoms with Crippen molar-refractivity contribution in [2.24, 2.45) is 0 Å². The van der Waals surface area contributed by atoms with E-state index in [0.717, 1.165) is 11.4 Å². The summed E-state index contributed by atoms with van der Waals surface area (Å²) in [4.78, 5) is 32.1. The molecule has 0 unspecified atom stereocenters. The number of carbonyl (C=O) groups excluding carboxylic acids is 2. The molecule has 1 atom stereocenters. The monoisotopic (exact) mass is 291 g/mol. The number of hydrogen-bond donors (Lipinski definition) is 0. The van der Waals surface area contributed by atoms with E-state index in [2.05, 4.69) is 4.98 Å². The minimum absolute atomic E-state index is 0.0423. The van der Waals surface area contributed by atoms with Crippen molar-refractivity contribution in [3.8, 4) is 0 Å². The molecule has 1 aliphatic rings. The van der Waals surface area contributed by atoms with Gasteiger partial charge in [-0.2, -0.15) is 0 Å². The summed E-state index contributed by atoms with van der Waals surface area (Å²) in [5.41, 5.74) is 1.70. The van der Waals surface area contributed by atoms with Gasteiger partial charge in [-0.15, -0.1) is 0 Å². The number of aromatic nitrogens is 1. The molecule has 0 radical (unpaired) electrons. The van der Waals surface area contributed by atoms with E-state index in [1.165, 1.54) is 0 Å². The van der Waals surface area contributed by atoms with Crippen LogP contribution in [0.3, 0.4) is 0 Å². The van der Waals surface area contributed by atoms with Gasteiger partial charge in [0.25, 0.3) is 0 Å². The van der Waals surface area contributed by atoms with Gasteiger partial charge < -0.3 is 14.5 Å². The fourth-order valence-corrected chi connectivity index (χ4v) is 2.42. The molecule has 0 spiro atoms. The minimum Gasteiger partial charge on any atom is -0.383 e. The van der Waals surface area contributed by atoms with E-state index >= 15 is 0 Å². The smallest absolute Gasteiger partial charge is 0.245 e. The first-order valence-electron chi connectivity index (χ1n) is 7.02. The number of aryl methyl sites for hydroxylation is 1. The van der Waals surface area contributed by atoms with E-state index in [1.54, 1.807) is 23.8 Å². The summed E-state index contributed by atoms with van der Waals surface area (Å²) >= 11 is 0. The van der Waals surface area contributed by atoms with Crippen LogP contribution in [0, 0.1) is 6.92 Å². The lowest BCUT2D eigenvalue weighted by Gasteiger charge is -2.38. The maximum Gasteiger partial charge on any atom is 0.245 e. The first-order valence-corrected chi connectivity index (χ1v) is 7.02. The number of nitrogens with zero attached hydrogens (tertiary/aromatic N) is 3. The molecule has 0 N–H and O–H groups in total. The molecule has 1 saturated heterocycles. The fourth-order valence-electron chi connectivity index (χ4n) is 2.42. The quantitative estimate of drug-likeness (QED) is 0.797. The third kappa shape index (κ3) is 3.58. The van der Waals surface area contributed by atoms with Gasteiger partial charge in [0, 0.05) is 19.3 Å². The van der Waals surface area contributed by atoms with Crippen molar-refractivity contribution in [1.82, 2.24) is 14.8 Å². The number of amides is 2. The van der Waals surface area contributed by atoms with E-state index in [4.69, 9.17) is 4.74 Å². The normalized spacial score (nSPS) is 19.3. The van der Waals surface area contributed by atoms with E-state index in [9.17, 15) is 9.59 Å². The standard InChI is InChI=1S/C15H21N3O3/c1-11-5-4-6-13(16-11)9-18-12(2)15(20)17(7-8-21-3)10-14(18)19/h4-6,12H,7-10H2,1-3H3/t12-/m0/s1. The topological polar surface area (TPSA) is 62.7 Å². The number of ether oxygens (including phenoxy) is 1. The number of piperazine rings is 1. The van der Waals surface area contributed by atoms with Crippen molar-refractivity contribution in [2.45, 2.75) is 26.4 Å². The van der Waals surface area contributed by atoms with Crippen molar-refractivity contribution < 1.29 is 14.3 Å². The molecule has 2 heterocycles. The summed E-state index contributed by atoms with van der Waals surface area (Å²) < 4.78 is 4.97. The maximum absolute atomic E-state index is 12.3. The zero-order valence-corrected chi connectivity index (χ0v) is 12.7. The van der Waals surface area contributed by atoms with E-state index in [-0.39, 0.29) is 18.4 Å². The molecule has 114 valence electrons. The summed E-state index contributed by atoms with van der Waals surface area (Å²) in [6, 6.07) is 5.21. The Hall–Kier alpha value is -1.95.